The van der Waals surface area contributed by atoms with E-state index in [-0.39, 0.29) is 18.6 Å². The summed E-state index contributed by atoms with van der Waals surface area (Å²) in [7, 11) is 3.46. The molecule has 1 aromatic rings. The van der Waals surface area contributed by atoms with Crippen molar-refractivity contribution in [1.82, 2.24) is 4.90 Å². The zero-order valence-corrected chi connectivity index (χ0v) is 13.0. The van der Waals surface area contributed by atoms with Crippen LogP contribution in [0.5, 0.6) is 0 Å². The molecule has 0 aliphatic carbocycles. The maximum Gasteiger partial charge on any atom is 0.222 e. The third kappa shape index (κ3) is 5.74. The fraction of sp³-hybridized carbons (Fsp3) is 0.533. The largest absolute Gasteiger partial charge is 0.384 e. The number of nitrogens with zero attached hydrogens (tertiary/aromatic N) is 1. The van der Waals surface area contributed by atoms with Crippen molar-refractivity contribution in [2.75, 3.05) is 20.8 Å². The number of amides is 1. The van der Waals surface area contributed by atoms with Gasteiger partial charge in [0.2, 0.25) is 5.91 Å². The summed E-state index contributed by atoms with van der Waals surface area (Å²) >= 11 is 1.57. The van der Waals surface area contributed by atoms with Crippen molar-refractivity contribution in [2.45, 2.75) is 32.4 Å². The highest BCUT2D eigenvalue weighted by Crippen LogP contribution is 2.16. The maximum atomic E-state index is 12.0. The molecule has 1 unspecified atom stereocenters. The molecular formula is C15H21NO3S. The van der Waals surface area contributed by atoms with Crippen LogP contribution in [0.25, 0.3) is 0 Å². The molecule has 1 atom stereocenters. The minimum atomic E-state index is -0.138. The Hall–Kier alpha value is -1.35. The number of ether oxygens (including phenoxy) is 1. The van der Waals surface area contributed by atoms with Gasteiger partial charge in [-0.2, -0.15) is 0 Å². The molecule has 0 fully saturated rings. The summed E-state index contributed by atoms with van der Waals surface area (Å²) in [6.07, 6.45) is 1.33. The Labute approximate surface area is 124 Å². The Bertz CT molecular complexity index is 487. The first-order valence-corrected chi connectivity index (χ1v) is 7.38. The highest BCUT2D eigenvalue weighted by Gasteiger charge is 2.12. The van der Waals surface area contributed by atoms with Crippen LogP contribution >= 0.6 is 11.3 Å². The molecule has 1 heterocycles. The van der Waals surface area contributed by atoms with Gasteiger partial charge >= 0.3 is 0 Å². The Morgan fingerprint density at radius 1 is 1.60 bits per heavy atom. The summed E-state index contributed by atoms with van der Waals surface area (Å²) in [4.78, 5) is 14.8. The molecule has 0 bridgehead atoms. The monoisotopic (exact) mass is 295 g/mol. The summed E-state index contributed by atoms with van der Waals surface area (Å²) in [5.41, 5.74) is 0.882. The van der Waals surface area contributed by atoms with E-state index in [1.807, 2.05) is 18.4 Å². The number of carbonyl (C=O) groups is 1. The lowest BCUT2D eigenvalue weighted by molar-refractivity contribution is -0.131. The van der Waals surface area contributed by atoms with Gasteiger partial charge in [-0.15, -0.1) is 11.3 Å². The first kappa shape index (κ1) is 16.7. The first-order chi connectivity index (χ1) is 9.56. The van der Waals surface area contributed by atoms with Crippen LogP contribution in [0.3, 0.4) is 0 Å². The lowest BCUT2D eigenvalue weighted by Crippen LogP contribution is -2.26. The number of carbonyl (C=O) groups excluding carboxylic acids is 1. The van der Waals surface area contributed by atoms with Gasteiger partial charge in [0.25, 0.3) is 0 Å². The lowest BCUT2D eigenvalue weighted by atomic mass is 10.2. The number of hydrogen-bond acceptors (Lipinski definition) is 4. The zero-order chi connectivity index (χ0) is 15.0. The van der Waals surface area contributed by atoms with Gasteiger partial charge in [0.15, 0.2) is 0 Å². The number of aliphatic hydroxyl groups excluding tert-OH is 1. The second-order valence-electron chi connectivity index (χ2n) is 4.60. The van der Waals surface area contributed by atoms with E-state index in [2.05, 4.69) is 11.8 Å². The number of hydrogen-bond donors (Lipinski definition) is 1. The van der Waals surface area contributed by atoms with Gasteiger partial charge < -0.3 is 14.7 Å². The fourth-order valence-electron chi connectivity index (χ4n) is 1.63. The van der Waals surface area contributed by atoms with Crippen LogP contribution in [-0.2, 0) is 16.1 Å². The van der Waals surface area contributed by atoms with E-state index in [1.165, 1.54) is 0 Å². The van der Waals surface area contributed by atoms with Crippen molar-refractivity contribution < 1.29 is 14.6 Å². The van der Waals surface area contributed by atoms with Crippen LogP contribution in [-0.4, -0.2) is 42.8 Å². The Morgan fingerprint density at radius 3 is 3.00 bits per heavy atom. The van der Waals surface area contributed by atoms with Crippen LogP contribution in [0.2, 0.25) is 0 Å². The average molecular weight is 295 g/mol. The molecule has 20 heavy (non-hydrogen) atoms. The lowest BCUT2D eigenvalue weighted by Gasteiger charge is -2.17. The molecule has 0 aliphatic rings. The topological polar surface area (TPSA) is 49.8 Å². The molecule has 0 saturated carbocycles. The van der Waals surface area contributed by atoms with E-state index < -0.39 is 0 Å². The molecule has 1 aromatic heterocycles. The van der Waals surface area contributed by atoms with Crippen LogP contribution in [0.1, 0.15) is 30.2 Å². The second-order valence-corrected chi connectivity index (χ2v) is 5.59. The number of rotatable bonds is 6. The quantitative estimate of drug-likeness (QED) is 0.815. The van der Waals surface area contributed by atoms with Crippen molar-refractivity contribution in [3.05, 3.63) is 21.9 Å². The summed E-state index contributed by atoms with van der Waals surface area (Å²) in [6.45, 7) is 2.41. The van der Waals surface area contributed by atoms with E-state index in [1.54, 1.807) is 30.4 Å². The van der Waals surface area contributed by atoms with Crippen LogP contribution in [0.15, 0.2) is 11.4 Å². The Kier molecular flexibility index (Phi) is 7.31. The molecule has 1 amide bonds. The van der Waals surface area contributed by atoms with Gasteiger partial charge in [-0.1, -0.05) is 11.8 Å². The summed E-state index contributed by atoms with van der Waals surface area (Å²) in [5.74, 6) is 5.58. The maximum absolute atomic E-state index is 12.0. The van der Waals surface area contributed by atoms with E-state index in [9.17, 15) is 4.79 Å². The molecule has 0 saturated heterocycles. The third-order valence-corrected chi connectivity index (χ3v) is 3.87. The van der Waals surface area contributed by atoms with Gasteiger partial charge in [-0.05, 0) is 19.4 Å². The highest BCUT2D eigenvalue weighted by atomic mass is 32.1. The van der Waals surface area contributed by atoms with Gasteiger partial charge in [-0.3, -0.25) is 4.79 Å². The molecule has 110 valence electrons. The Morgan fingerprint density at radius 2 is 2.35 bits per heavy atom. The predicted molar refractivity (Wildman–Crippen MR) is 80.5 cm³/mol. The molecule has 4 nitrogen and oxygen atoms in total. The summed E-state index contributed by atoms with van der Waals surface area (Å²) < 4.78 is 5.14. The molecule has 0 radical (unpaired) electrons. The first-order valence-electron chi connectivity index (χ1n) is 6.50. The van der Waals surface area contributed by atoms with Gasteiger partial charge in [0.05, 0.1) is 12.6 Å². The molecule has 5 heteroatoms. The van der Waals surface area contributed by atoms with E-state index >= 15 is 0 Å². The summed E-state index contributed by atoms with van der Waals surface area (Å²) in [5, 5.41) is 10.6. The highest BCUT2D eigenvalue weighted by molar-refractivity contribution is 7.10. The van der Waals surface area contributed by atoms with Crippen molar-refractivity contribution in [3.8, 4) is 11.8 Å². The van der Waals surface area contributed by atoms with Gasteiger partial charge in [0, 0.05) is 36.4 Å². The van der Waals surface area contributed by atoms with Crippen molar-refractivity contribution in [3.63, 3.8) is 0 Å². The molecular weight excluding hydrogens is 274 g/mol. The van der Waals surface area contributed by atoms with Crippen molar-refractivity contribution in [2.24, 2.45) is 0 Å². The molecule has 0 aliphatic heterocycles. The molecule has 0 spiro atoms. The van der Waals surface area contributed by atoms with E-state index in [4.69, 9.17) is 9.84 Å². The van der Waals surface area contributed by atoms with Crippen LogP contribution in [0, 0.1) is 11.8 Å². The van der Waals surface area contributed by atoms with Crippen molar-refractivity contribution >= 4 is 17.2 Å². The van der Waals surface area contributed by atoms with Gasteiger partial charge in [0.1, 0.15) is 6.61 Å². The van der Waals surface area contributed by atoms with Crippen LogP contribution in [0.4, 0.5) is 0 Å². The Balaban J connectivity index is 2.46. The predicted octanol–water partition coefficient (Wildman–Crippen LogP) is 1.87. The molecule has 1 rings (SSSR count). The average Bonchev–Trinajstić information content (AvgIpc) is 2.89. The normalized spacial score (nSPS) is 11.6. The molecule has 0 aromatic carbocycles. The minimum Gasteiger partial charge on any atom is -0.384 e. The molecule has 1 N–H and O–H groups in total. The fourth-order valence-corrected chi connectivity index (χ4v) is 2.50. The zero-order valence-electron chi connectivity index (χ0n) is 12.2. The minimum absolute atomic E-state index is 0.106. The number of methoxy groups -OCH3 is 1. The van der Waals surface area contributed by atoms with Crippen LogP contribution < -0.4 is 0 Å². The standard InChI is InChI=1S/C15H21NO3S/c1-12(19-3)6-7-15(18)16(2)10-14-9-13(11-20-14)5-4-8-17/h9,11-12,17H,6-8,10H2,1-3H3. The smallest absolute Gasteiger partial charge is 0.222 e. The second kappa shape index (κ2) is 8.75. The number of aliphatic hydroxyl groups is 1. The summed E-state index contributed by atoms with van der Waals surface area (Å²) in [6, 6.07) is 1.95. The SMILES string of the molecule is COC(C)CCC(=O)N(C)Cc1cc(C#CCO)cs1. The van der Waals surface area contributed by atoms with E-state index in [0.29, 0.717) is 13.0 Å². The van der Waals surface area contributed by atoms with E-state index in [0.717, 1.165) is 16.9 Å². The van der Waals surface area contributed by atoms with Gasteiger partial charge in [-0.25, -0.2) is 0 Å². The third-order valence-electron chi connectivity index (χ3n) is 2.95. The number of thiophene rings is 1. The van der Waals surface area contributed by atoms with Crippen molar-refractivity contribution in [1.29, 1.82) is 0 Å².